The van der Waals surface area contributed by atoms with Crippen molar-refractivity contribution in [1.82, 2.24) is 19.9 Å². The molecule has 0 fully saturated rings. The summed E-state index contributed by atoms with van der Waals surface area (Å²) in [5.41, 5.74) is 2.82. The molecule has 0 spiro atoms. The topological polar surface area (TPSA) is 66.0 Å². The number of halogens is 1. The Balaban J connectivity index is 1.91. The van der Waals surface area contributed by atoms with Crippen molar-refractivity contribution in [3.63, 3.8) is 0 Å². The largest absolute Gasteiger partial charge is 0.494 e. The van der Waals surface area contributed by atoms with Crippen LogP contribution in [0.15, 0.2) is 28.9 Å². The van der Waals surface area contributed by atoms with Crippen LogP contribution < -0.4 is 4.74 Å². The van der Waals surface area contributed by atoms with Crippen LogP contribution in [0, 0.1) is 6.92 Å². The van der Waals surface area contributed by atoms with Gasteiger partial charge in [-0.1, -0.05) is 22.8 Å². The van der Waals surface area contributed by atoms with Gasteiger partial charge in [-0.15, -0.1) is 0 Å². The first-order chi connectivity index (χ1) is 10.6. The molecule has 7 heteroatoms. The summed E-state index contributed by atoms with van der Waals surface area (Å²) in [6.07, 6.45) is 2.34. The van der Waals surface area contributed by atoms with Crippen LogP contribution in [0.25, 0.3) is 11.4 Å². The lowest BCUT2D eigenvalue weighted by Crippen LogP contribution is -1.95. The fraction of sp³-hybridized carbons (Fsp3) is 0.267. The van der Waals surface area contributed by atoms with E-state index >= 15 is 0 Å². The molecule has 0 saturated heterocycles. The van der Waals surface area contributed by atoms with Gasteiger partial charge in [-0.3, -0.25) is 4.68 Å². The third kappa shape index (κ3) is 2.57. The highest BCUT2D eigenvalue weighted by atomic mass is 35.5. The van der Waals surface area contributed by atoms with Gasteiger partial charge in [0.05, 0.1) is 30.3 Å². The van der Waals surface area contributed by atoms with Crippen molar-refractivity contribution >= 4 is 11.6 Å². The normalized spacial score (nSPS) is 10.9. The van der Waals surface area contributed by atoms with E-state index in [1.807, 2.05) is 30.8 Å². The van der Waals surface area contributed by atoms with Gasteiger partial charge in [0.1, 0.15) is 5.75 Å². The summed E-state index contributed by atoms with van der Waals surface area (Å²) >= 11 is 6.12. The second-order valence-corrected chi connectivity index (χ2v) is 5.30. The van der Waals surface area contributed by atoms with Gasteiger partial charge in [0, 0.05) is 18.3 Å². The Labute approximate surface area is 132 Å². The number of aromatic nitrogens is 4. The van der Waals surface area contributed by atoms with E-state index in [-0.39, 0.29) is 0 Å². The molecule has 0 saturated carbocycles. The van der Waals surface area contributed by atoms with Gasteiger partial charge in [-0.05, 0) is 19.1 Å². The molecule has 0 radical (unpaired) electrons. The first-order valence-corrected chi connectivity index (χ1v) is 7.11. The van der Waals surface area contributed by atoms with Crippen LogP contribution in [0.1, 0.15) is 17.1 Å². The van der Waals surface area contributed by atoms with Gasteiger partial charge >= 0.3 is 0 Å². The Morgan fingerprint density at radius 3 is 2.86 bits per heavy atom. The summed E-state index contributed by atoms with van der Waals surface area (Å²) < 4.78 is 12.5. The molecule has 0 atom stereocenters. The van der Waals surface area contributed by atoms with Crippen LogP contribution in [0.5, 0.6) is 5.75 Å². The van der Waals surface area contributed by atoms with Crippen molar-refractivity contribution in [2.75, 3.05) is 7.11 Å². The second kappa shape index (κ2) is 5.81. The summed E-state index contributed by atoms with van der Waals surface area (Å²) in [5.74, 6) is 1.51. The zero-order chi connectivity index (χ0) is 15.7. The molecule has 1 aromatic carbocycles. The molecule has 0 aliphatic heterocycles. The van der Waals surface area contributed by atoms with Crippen LogP contribution in [-0.4, -0.2) is 27.0 Å². The minimum atomic E-state index is 0.455. The van der Waals surface area contributed by atoms with E-state index in [1.54, 1.807) is 19.4 Å². The molecule has 0 amide bonds. The number of benzene rings is 1. The number of hydrogen-bond donors (Lipinski definition) is 0. The van der Waals surface area contributed by atoms with Crippen LogP contribution in [0.3, 0.4) is 0 Å². The van der Waals surface area contributed by atoms with E-state index in [1.165, 1.54) is 0 Å². The predicted molar refractivity (Wildman–Crippen MR) is 82.0 cm³/mol. The van der Waals surface area contributed by atoms with Crippen LogP contribution in [0.2, 0.25) is 5.02 Å². The van der Waals surface area contributed by atoms with E-state index in [0.717, 1.165) is 11.3 Å². The molecule has 3 aromatic rings. The van der Waals surface area contributed by atoms with Gasteiger partial charge in [0.2, 0.25) is 11.7 Å². The Bertz CT molecular complexity index is 810. The van der Waals surface area contributed by atoms with Gasteiger partial charge in [0.25, 0.3) is 0 Å². The lowest BCUT2D eigenvalue weighted by atomic mass is 10.2. The average molecular weight is 319 g/mol. The monoisotopic (exact) mass is 318 g/mol. The SMILES string of the molecule is COc1c(Cl)cccc1-c1noc(Cc2cnn(C)c2C)n1. The Morgan fingerprint density at radius 2 is 2.18 bits per heavy atom. The van der Waals surface area contributed by atoms with Gasteiger partial charge in [0.15, 0.2) is 0 Å². The Morgan fingerprint density at radius 1 is 1.36 bits per heavy atom. The predicted octanol–water partition coefficient (Wildman–Crippen LogP) is 3.03. The number of ether oxygens (including phenoxy) is 1. The molecule has 114 valence electrons. The van der Waals surface area contributed by atoms with Crippen LogP contribution in [-0.2, 0) is 13.5 Å². The summed E-state index contributed by atoms with van der Waals surface area (Å²) in [7, 11) is 3.46. The zero-order valence-electron chi connectivity index (χ0n) is 12.5. The molecule has 0 aliphatic rings. The van der Waals surface area contributed by atoms with Gasteiger partial charge < -0.3 is 9.26 Å². The Kier molecular flexibility index (Phi) is 3.85. The molecule has 0 aliphatic carbocycles. The van der Waals surface area contributed by atoms with Crippen molar-refractivity contribution in [1.29, 1.82) is 0 Å². The summed E-state index contributed by atoms with van der Waals surface area (Å²) in [5, 5.41) is 8.73. The van der Waals surface area contributed by atoms with E-state index in [4.69, 9.17) is 20.9 Å². The summed E-state index contributed by atoms with van der Waals surface area (Å²) in [4.78, 5) is 4.42. The van der Waals surface area contributed by atoms with E-state index in [0.29, 0.717) is 34.5 Å². The Hall–Kier alpha value is -2.34. The number of para-hydroxylation sites is 1. The van der Waals surface area contributed by atoms with Crippen LogP contribution >= 0.6 is 11.6 Å². The fourth-order valence-electron chi connectivity index (χ4n) is 2.21. The minimum absolute atomic E-state index is 0.455. The molecule has 3 rings (SSSR count). The first-order valence-electron chi connectivity index (χ1n) is 6.73. The van der Waals surface area contributed by atoms with Gasteiger partial charge in [-0.2, -0.15) is 10.1 Å². The average Bonchev–Trinajstić information content (AvgIpc) is 3.09. The maximum absolute atomic E-state index is 6.12. The third-order valence-electron chi connectivity index (χ3n) is 3.56. The highest BCUT2D eigenvalue weighted by Gasteiger charge is 2.16. The number of aryl methyl sites for hydroxylation is 1. The standard InChI is InChI=1S/C15H15ClN4O2/c1-9-10(8-17-20(9)2)7-13-18-15(19-22-13)11-5-4-6-12(16)14(11)21-3/h4-6,8H,7H2,1-3H3. The molecular formula is C15H15ClN4O2. The first kappa shape index (κ1) is 14.6. The van der Waals surface area contributed by atoms with Crippen molar-refractivity contribution in [2.45, 2.75) is 13.3 Å². The van der Waals surface area contributed by atoms with Crippen molar-refractivity contribution in [3.8, 4) is 17.1 Å². The van der Waals surface area contributed by atoms with Crippen molar-refractivity contribution < 1.29 is 9.26 Å². The molecule has 0 N–H and O–H groups in total. The van der Waals surface area contributed by atoms with Crippen LogP contribution in [0.4, 0.5) is 0 Å². The molecule has 2 heterocycles. The van der Waals surface area contributed by atoms with E-state index in [2.05, 4.69) is 15.2 Å². The molecule has 22 heavy (non-hydrogen) atoms. The maximum Gasteiger partial charge on any atom is 0.231 e. The summed E-state index contributed by atoms with van der Waals surface area (Å²) in [6, 6.07) is 5.42. The zero-order valence-corrected chi connectivity index (χ0v) is 13.3. The van der Waals surface area contributed by atoms with Crippen molar-refractivity contribution in [3.05, 3.63) is 46.6 Å². The van der Waals surface area contributed by atoms with Gasteiger partial charge in [-0.25, -0.2) is 0 Å². The number of methoxy groups -OCH3 is 1. The number of hydrogen-bond acceptors (Lipinski definition) is 5. The smallest absolute Gasteiger partial charge is 0.231 e. The highest BCUT2D eigenvalue weighted by molar-refractivity contribution is 6.32. The molecule has 2 aromatic heterocycles. The third-order valence-corrected chi connectivity index (χ3v) is 3.86. The quantitative estimate of drug-likeness (QED) is 0.739. The number of rotatable bonds is 4. The molecule has 6 nitrogen and oxygen atoms in total. The van der Waals surface area contributed by atoms with Crippen molar-refractivity contribution in [2.24, 2.45) is 7.05 Å². The lowest BCUT2D eigenvalue weighted by Gasteiger charge is -2.06. The number of nitrogens with zero attached hydrogens (tertiary/aromatic N) is 4. The second-order valence-electron chi connectivity index (χ2n) is 4.89. The fourth-order valence-corrected chi connectivity index (χ4v) is 2.46. The summed E-state index contributed by atoms with van der Waals surface area (Å²) in [6.45, 7) is 2.00. The molecule has 0 unspecified atom stereocenters. The lowest BCUT2D eigenvalue weighted by molar-refractivity contribution is 0.384. The highest BCUT2D eigenvalue weighted by Crippen LogP contribution is 2.34. The minimum Gasteiger partial charge on any atom is -0.494 e. The molecule has 0 bridgehead atoms. The molecular weight excluding hydrogens is 304 g/mol. The maximum atomic E-state index is 6.12. The van der Waals surface area contributed by atoms with E-state index in [9.17, 15) is 0 Å². The van der Waals surface area contributed by atoms with E-state index < -0.39 is 0 Å².